The quantitative estimate of drug-likeness (QED) is 0.880. The average Bonchev–Trinajstić information content (AvgIpc) is 3.02. The van der Waals surface area contributed by atoms with Crippen LogP contribution in [0.3, 0.4) is 0 Å². The number of piperidine rings is 1. The largest absolute Gasteiger partial charge is 0.496 e. The maximum Gasteiger partial charge on any atom is 0.123 e. The van der Waals surface area contributed by atoms with Crippen molar-refractivity contribution in [3.8, 4) is 5.75 Å². The van der Waals surface area contributed by atoms with Gasteiger partial charge in [-0.3, -0.25) is 4.90 Å². The van der Waals surface area contributed by atoms with E-state index in [0.717, 1.165) is 30.8 Å². The molecule has 0 aromatic heterocycles. The molecule has 19 heavy (non-hydrogen) atoms. The highest BCUT2D eigenvalue weighted by atomic mass is 16.5. The van der Waals surface area contributed by atoms with Crippen LogP contribution in [0.2, 0.25) is 0 Å². The third-order valence-corrected chi connectivity index (χ3v) is 4.62. The van der Waals surface area contributed by atoms with Gasteiger partial charge in [-0.25, -0.2) is 0 Å². The standard InChI is InChI=1S/C16H24N2O/c1-17-9-12-4-6-16(19-2)14(7-12)11-18-10-13-3-5-15(18)8-13/h4,6-7,13,15,17H,3,5,8-11H2,1-2H3. The van der Waals surface area contributed by atoms with Gasteiger partial charge in [0.15, 0.2) is 0 Å². The van der Waals surface area contributed by atoms with Gasteiger partial charge in [-0.2, -0.15) is 0 Å². The molecule has 1 aromatic rings. The molecule has 1 heterocycles. The van der Waals surface area contributed by atoms with Crippen LogP contribution in [0.15, 0.2) is 18.2 Å². The molecule has 104 valence electrons. The van der Waals surface area contributed by atoms with Crippen LogP contribution in [0.4, 0.5) is 0 Å². The van der Waals surface area contributed by atoms with Crippen molar-refractivity contribution < 1.29 is 4.74 Å². The van der Waals surface area contributed by atoms with E-state index in [0.29, 0.717) is 0 Å². The number of nitrogens with one attached hydrogen (secondary N) is 1. The van der Waals surface area contributed by atoms with Gasteiger partial charge in [-0.15, -0.1) is 0 Å². The molecule has 1 aliphatic carbocycles. The van der Waals surface area contributed by atoms with Crippen molar-refractivity contribution in [2.45, 2.75) is 38.4 Å². The molecule has 2 unspecified atom stereocenters. The van der Waals surface area contributed by atoms with Crippen LogP contribution < -0.4 is 10.1 Å². The summed E-state index contributed by atoms with van der Waals surface area (Å²) >= 11 is 0. The van der Waals surface area contributed by atoms with Crippen molar-refractivity contribution in [2.24, 2.45) is 5.92 Å². The molecule has 0 spiro atoms. The van der Waals surface area contributed by atoms with Gasteiger partial charge in [0.1, 0.15) is 5.75 Å². The highest BCUT2D eigenvalue weighted by Gasteiger charge is 2.37. The molecule has 1 saturated heterocycles. The number of benzene rings is 1. The highest BCUT2D eigenvalue weighted by Crippen LogP contribution is 2.38. The van der Waals surface area contributed by atoms with E-state index in [4.69, 9.17) is 4.74 Å². The predicted octanol–water partition coefficient (Wildman–Crippen LogP) is 2.40. The van der Waals surface area contributed by atoms with E-state index in [1.807, 2.05) is 7.05 Å². The molecular formula is C16H24N2O. The van der Waals surface area contributed by atoms with Gasteiger partial charge in [-0.1, -0.05) is 6.07 Å². The number of hydrogen-bond donors (Lipinski definition) is 1. The summed E-state index contributed by atoms with van der Waals surface area (Å²) in [6.45, 7) is 3.25. The van der Waals surface area contributed by atoms with Gasteiger partial charge in [0, 0.05) is 31.2 Å². The molecule has 1 aliphatic heterocycles. The summed E-state index contributed by atoms with van der Waals surface area (Å²) in [5, 5.41) is 3.21. The Kier molecular flexibility index (Phi) is 3.76. The van der Waals surface area contributed by atoms with E-state index in [1.54, 1.807) is 7.11 Å². The summed E-state index contributed by atoms with van der Waals surface area (Å²) in [5.74, 6) is 1.99. The topological polar surface area (TPSA) is 24.5 Å². The first kappa shape index (κ1) is 12.9. The van der Waals surface area contributed by atoms with Crippen LogP contribution in [-0.2, 0) is 13.1 Å². The Labute approximate surface area is 115 Å². The van der Waals surface area contributed by atoms with Crippen LogP contribution >= 0.6 is 0 Å². The summed E-state index contributed by atoms with van der Waals surface area (Å²) in [7, 11) is 3.76. The Balaban J connectivity index is 1.76. The molecule has 1 aromatic carbocycles. The monoisotopic (exact) mass is 260 g/mol. The molecule has 2 atom stereocenters. The summed E-state index contributed by atoms with van der Waals surface area (Å²) in [6.07, 6.45) is 4.25. The average molecular weight is 260 g/mol. The summed E-state index contributed by atoms with van der Waals surface area (Å²) < 4.78 is 5.52. The minimum atomic E-state index is 0.822. The van der Waals surface area contributed by atoms with Gasteiger partial charge >= 0.3 is 0 Å². The molecule has 3 rings (SSSR count). The maximum absolute atomic E-state index is 5.52. The second-order valence-electron chi connectivity index (χ2n) is 5.94. The number of methoxy groups -OCH3 is 1. The van der Waals surface area contributed by atoms with Gasteiger partial charge in [-0.05, 0) is 49.9 Å². The molecule has 2 fully saturated rings. The number of hydrogen-bond acceptors (Lipinski definition) is 3. The SMILES string of the molecule is CNCc1ccc(OC)c(CN2CC3CCC2C3)c1. The first-order valence-electron chi connectivity index (χ1n) is 7.34. The second kappa shape index (κ2) is 5.51. The molecule has 2 aliphatic rings. The van der Waals surface area contributed by atoms with E-state index in [9.17, 15) is 0 Å². The van der Waals surface area contributed by atoms with E-state index in [1.165, 1.54) is 36.9 Å². The second-order valence-corrected chi connectivity index (χ2v) is 5.94. The summed E-state index contributed by atoms with van der Waals surface area (Å²) in [4.78, 5) is 2.65. The molecule has 2 bridgehead atoms. The molecule has 0 radical (unpaired) electrons. The molecule has 1 saturated carbocycles. The van der Waals surface area contributed by atoms with Crippen molar-refractivity contribution in [3.63, 3.8) is 0 Å². The summed E-state index contributed by atoms with van der Waals surface area (Å²) in [5.41, 5.74) is 2.67. The Morgan fingerprint density at radius 2 is 2.26 bits per heavy atom. The van der Waals surface area contributed by atoms with Crippen molar-refractivity contribution in [2.75, 3.05) is 20.7 Å². The number of rotatable bonds is 5. The number of ether oxygens (including phenoxy) is 1. The molecule has 3 nitrogen and oxygen atoms in total. The van der Waals surface area contributed by atoms with Crippen LogP contribution in [0.1, 0.15) is 30.4 Å². The fraction of sp³-hybridized carbons (Fsp3) is 0.625. The number of fused-ring (bicyclic) bond motifs is 2. The number of nitrogens with zero attached hydrogens (tertiary/aromatic N) is 1. The normalized spacial score (nSPS) is 26.0. The van der Waals surface area contributed by atoms with E-state index < -0.39 is 0 Å². The molecular weight excluding hydrogens is 236 g/mol. The Morgan fingerprint density at radius 1 is 1.37 bits per heavy atom. The molecule has 0 amide bonds. The minimum Gasteiger partial charge on any atom is -0.496 e. The van der Waals surface area contributed by atoms with Crippen LogP contribution in [0.25, 0.3) is 0 Å². The van der Waals surface area contributed by atoms with Gasteiger partial charge in [0.05, 0.1) is 7.11 Å². The van der Waals surface area contributed by atoms with Crippen molar-refractivity contribution in [1.82, 2.24) is 10.2 Å². The highest BCUT2D eigenvalue weighted by molar-refractivity contribution is 5.37. The zero-order valence-electron chi connectivity index (χ0n) is 12.0. The first-order chi connectivity index (χ1) is 9.30. The molecule has 3 heteroatoms. The Morgan fingerprint density at radius 3 is 2.89 bits per heavy atom. The predicted molar refractivity (Wildman–Crippen MR) is 77.3 cm³/mol. The zero-order chi connectivity index (χ0) is 13.2. The van der Waals surface area contributed by atoms with E-state index >= 15 is 0 Å². The first-order valence-corrected chi connectivity index (χ1v) is 7.34. The Hall–Kier alpha value is -1.06. The summed E-state index contributed by atoms with van der Waals surface area (Å²) in [6, 6.07) is 7.37. The molecule has 1 N–H and O–H groups in total. The van der Waals surface area contributed by atoms with Gasteiger partial charge in [0.2, 0.25) is 0 Å². The van der Waals surface area contributed by atoms with Crippen LogP contribution in [-0.4, -0.2) is 31.6 Å². The third kappa shape index (κ3) is 2.63. The minimum absolute atomic E-state index is 0.822. The fourth-order valence-corrected chi connectivity index (χ4v) is 3.71. The third-order valence-electron chi connectivity index (χ3n) is 4.62. The number of likely N-dealkylation sites (tertiary alicyclic amines) is 1. The maximum atomic E-state index is 5.52. The van der Waals surface area contributed by atoms with E-state index in [-0.39, 0.29) is 0 Å². The lowest BCUT2D eigenvalue weighted by Crippen LogP contribution is -2.31. The van der Waals surface area contributed by atoms with Gasteiger partial charge < -0.3 is 10.1 Å². The van der Waals surface area contributed by atoms with E-state index in [2.05, 4.69) is 28.4 Å². The zero-order valence-corrected chi connectivity index (χ0v) is 12.0. The Bertz CT molecular complexity index is 446. The smallest absolute Gasteiger partial charge is 0.123 e. The lowest BCUT2D eigenvalue weighted by molar-refractivity contribution is 0.203. The lowest BCUT2D eigenvalue weighted by Gasteiger charge is -2.27. The van der Waals surface area contributed by atoms with Crippen LogP contribution in [0.5, 0.6) is 5.75 Å². The van der Waals surface area contributed by atoms with Gasteiger partial charge in [0.25, 0.3) is 0 Å². The van der Waals surface area contributed by atoms with Crippen molar-refractivity contribution in [1.29, 1.82) is 0 Å². The fourth-order valence-electron chi connectivity index (χ4n) is 3.71. The van der Waals surface area contributed by atoms with Crippen molar-refractivity contribution in [3.05, 3.63) is 29.3 Å². The van der Waals surface area contributed by atoms with Crippen molar-refractivity contribution >= 4 is 0 Å². The van der Waals surface area contributed by atoms with Crippen LogP contribution in [0, 0.1) is 5.92 Å². The lowest BCUT2D eigenvalue weighted by atomic mass is 10.1.